The van der Waals surface area contributed by atoms with Gasteiger partial charge in [-0.2, -0.15) is 0 Å². The molecule has 3 rings (SSSR count). The Labute approximate surface area is 252 Å². The van der Waals surface area contributed by atoms with Crippen molar-refractivity contribution in [2.75, 3.05) is 12.8 Å². The van der Waals surface area contributed by atoms with Gasteiger partial charge in [0, 0.05) is 6.61 Å². The van der Waals surface area contributed by atoms with Crippen molar-refractivity contribution >= 4 is 31.5 Å². The van der Waals surface area contributed by atoms with E-state index in [4.69, 9.17) is 4.43 Å². The molecule has 3 aromatic rings. The third kappa shape index (κ3) is 8.38. The molecule has 3 aromatic carbocycles. The maximum Gasteiger partial charge on any atom is 0.200 e. The molecule has 1 nitrogen and oxygen atoms in total. The van der Waals surface area contributed by atoms with Crippen LogP contribution in [0.1, 0.15) is 80.1 Å². The van der Waals surface area contributed by atoms with Crippen LogP contribution in [0, 0.1) is 0 Å². The molecule has 0 unspecified atom stereocenters. The third-order valence-corrected chi connectivity index (χ3v) is 19.2. The summed E-state index contributed by atoms with van der Waals surface area (Å²) in [4.78, 5) is 0. The summed E-state index contributed by atoms with van der Waals surface area (Å²) in [5, 5.41) is 4.51. The lowest BCUT2D eigenvalue weighted by Gasteiger charge is -2.42. The van der Waals surface area contributed by atoms with Crippen molar-refractivity contribution in [3.8, 4) is 0 Å². The Bertz CT molecular complexity index is 922. The molecule has 0 aliphatic heterocycles. The zero-order valence-electron chi connectivity index (χ0n) is 25.3. The summed E-state index contributed by atoms with van der Waals surface area (Å²) in [6, 6.07) is 33.9. The quantitative estimate of drug-likeness (QED) is 0.0999. The summed E-state index contributed by atoms with van der Waals surface area (Å²) in [7, 11) is -3.40. The Balaban J connectivity index is 0.00000533. The second-order valence-electron chi connectivity index (χ2n) is 11.8. The minimum Gasteiger partial charge on any atom is -1.00 e. The molecular weight excluding hydrogens is 575 g/mol. The summed E-state index contributed by atoms with van der Waals surface area (Å²) in [5.74, 6) is 0. The first-order valence-corrected chi connectivity index (χ1v) is 19.2. The van der Waals surface area contributed by atoms with Crippen LogP contribution in [-0.4, -0.2) is 21.1 Å². The van der Waals surface area contributed by atoms with Gasteiger partial charge in [0.25, 0.3) is 0 Å². The van der Waals surface area contributed by atoms with E-state index in [9.17, 15) is 0 Å². The van der Waals surface area contributed by atoms with E-state index in [-0.39, 0.29) is 17.0 Å². The number of hydrogen-bond donors (Lipinski definition) is 0. The van der Waals surface area contributed by atoms with E-state index in [0.717, 1.165) is 6.61 Å². The average Bonchev–Trinajstić information content (AvgIpc) is 2.93. The highest BCUT2D eigenvalue weighted by Crippen LogP contribution is 2.56. The van der Waals surface area contributed by atoms with Crippen molar-refractivity contribution in [3.63, 3.8) is 0 Å². The van der Waals surface area contributed by atoms with Gasteiger partial charge in [-0.15, -0.1) is 0 Å². The Morgan fingerprint density at radius 3 is 1.21 bits per heavy atom. The average molecular weight is 628 g/mol. The van der Waals surface area contributed by atoms with Gasteiger partial charge in [0.05, 0.1) is 6.16 Å². The summed E-state index contributed by atoms with van der Waals surface area (Å²) in [6.45, 7) is 15.3. The highest BCUT2D eigenvalue weighted by atomic mass is 79.9. The molecule has 0 N–H and O–H groups in total. The SMILES string of the molecule is CC(C)[Si](OCCCCCCCC[P+](c1ccccc1)(c1ccccc1)c1ccccc1)(C(C)C)C(C)C.[Br-]. The highest BCUT2D eigenvalue weighted by Gasteiger charge is 2.45. The molecule has 0 heterocycles. The highest BCUT2D eigenvalue weighted by molar-refractivity contribution is 7.95. The van der Waals surface area contributed by atoms with Gasteiger partial charge >= 0.3 is 0 Å². The lowest BCUT2D eigenvalue weighted by atomic mass is 10.1. The Morgan fingerprint density at radius 2 is 0.846 bits per heavy atom. The molecule has 0 spiro atoms. The first-order valence-electron chi connectivity index (χ1n) is 15.0. The molecule has 0 bridgehead atoms. The standard InChI is InChI=1S/C35H52OPSi.BrH/c1-30(2)38(31(3)4,32(5)6)36-28-20-9-7-8-10-21-29-37(33-22-14-11-15-23-33,34-24-16-12-17-25-34)35-26-18-13-19-27-35;/h11-19,22-27,30-32H,7-10,20-21,28-29H2,1-6H3;1H/q+1;/p-1. The molecule has 0 saturated heterocycles. The van der Waals surface area contributed by atoms with Crippen molar-refractivity contribution in [1.82, 2.24) is 0 Å². The van der Waals surface area contributed by atoms with Crippen LogP contribution in [-0.2, 0) is 4.43 Å². The van der Waals surface area contributed by atoms with Crippen LogP contribution in [0.2, 0.25) is 16.6 Å². The number of unbranched alkanes of at least 4 members (excludes halogenated alkanes) is 5. The molecule has 0 radical (unpaired) electrons. The molecule has 214 valence electrons. The fraction of sp³-hybridized carbons (Fsp3) is 0.486. The van der Waals surface area contributed by atoms with Crippen molar-refractivity contribution in [2.24, 2.45) is 0 Å². The summed E-state index contributed by atoms with van der Waals surface area (Å²) in [6.07, 6.45) is 8.94. The van der Waals surface area contributed by atoms with Gasteiger partial charge in [-0.25, -0.2) is 0 Å². The lowest BCUT2D eigenvalue weighted by Crippen LogP contribution is -3.00. The minimum absolute atomic E-state index is 0. The van der Waals surface area contributed by atoms with Crippen LogP contribution in [0.4, 0.5) is 0 Å². The lowest BCUT2D eigenvalue weighted by molar-refractivity contribution is -0.00000866. The molecule has 4 heteroatoms. The van der Waals surface area contributed by atoms with E-state index in [0.29, 0.717) is 16.6 Å². The topological polar surface area (TPSA) is 9.23 Å². The van der Waals surface area contributed by atoms with Gasteiger partial charge < -0.3 is 21.4 Å². The van der Waals surface area contributed by atoms with E-state index in [1.54, 1.807) is 0 Å². The van der Waals surface area contributed by atoms with Gasteiger partial charge in [-0.05, 0) is 72.3 Å². The maximum atomic E-state index is 6.78. The van der Waals surface area contributed by atoms with Gasteiger partial charge in [-0.3, -0.25) is 0 Å². The molecule has 0 aromatic heterocycles. The number of halogens is 1. The maximum absolute atomic E-state index is 6.78. The predicted octanol–water partition coefficient (Wildman–Crippen LogP) is 6.52. The normalized spacial score (nSPS) is 12.2. The van der Waals surface area contributed by atoms with E-state index >= 15 is 0 Å². The summed E-state index contributed by atoms with van der Waals surface area (Å²) >= 11 is 0. The molecule has 0 aliphatic carbocycles. The largest absolute Gasteiger partial charge is 1.00 e. The second-order valence-corrected chi connectivity index (χ2v) is 20.9. The second kappa shape index (κ2) is 16.9. The Kier molecular flexibility index (Phi) is 14.7. The van der Waals surface area contributed by atoms with E-state index < -0.39 is 15.6 Å². The van der Waals surface area contributed by atoms with Crippen molar-refractivity contribution in [1.29, 1.82) is 0 Å². The fourth-order valence-electron chi connectivity index (χ4n) is 6.79. The van der Waals surface area contributed by atoms with Crippen molar-refractivity contribution in [3.05, 3.63) is 91.0 Å². The van der Waals surface area contributed by atoms with Crippen LogP contribution >= 0.6 is 7.26 Å². The number of hydrogen-bond acceptors (Lipinski definition) is 1. The summed E-state index contributed by atoms with van der Waals surface area (Å²) in [5.41, 5.74) is 2.01. The molecule has 0 fully saturated rings. The van der Waals surface area contributed by atoms with E-state index in [1.807, 2.05) is 0 Å². The molecular formula is C35H52BrOPSi. The van der Waals surface area contributed by atoms with Crippen molar-refractivity contribution in [2.45, 2.75) is 96.7 Å². The van der Waals surface area contributed by atoms with Crippen LogP contribution in [0.25, 0.3) is 0 Å². The molecule has 0 amide bonds. The molecule has 0 aliphatic rings. The van der Waals surface area contributed by atoms with Crippen LogP contribution < -0.4 is 32.9 Å². The van der Waals surface area contributed by atoms with Crippen LogP contribution in [0.3, 0.4) is 0 Å². The number of benzene rings is 3. The number of rotatable bonds is 16. The van der Waals surface area contributed by atoms with E-state index in [2.05, 4.69) is 133 Å². The van der Waals surface area contributed by atoms with Crippen LogP contribution in [0.15, 0.2) is 91.0 Å². The Morgan fingerprint density at radius 1 is 0.513 bits per heavy atom. The predicted molar refractivity (Wildman–Crippen MR) is 175 cm³/mol. The molecule has 0 atom stereocenters. The van der Waals surface area contributed by atoms with Crippen molar-refractivity contribution < 1.29 is 21.4 Å². The van der Waals surface area contributed by atoms with Gasteiger partial charge in [0.1, 0.15) is 23.2 Å². The van der Waals surface area contributed by atoms with E-state index in [1.165, 1.54) is 60.6 Å². The smallest absolute Gasteiger partial charge is 0.200 e. The zero-order valence-corrected chi connectivity index (χ0v) is 28.8. The molecule has 0 saturated carbocycles. The fourth-order valence-corrected chi connectivity index (χ4v) is 16.7. The van der Waals surface area contributed by atoms with Gasteiger partial charge in [0.15, 0.2) is 8.32 Å². The monoisotopic (exact) mass is 626 g/mol. The van der Waals surface area contributed by atoms with Crippen LogP contribution in [0.5, 0.6) is 0 Å². The Hall–Kier alpha value is -1.25. The zero-order chi connectivity index (χ0) is 27.4. The first kappa shape index (κ1) is 34.0. The van der Waals surface area contributed by atoms with Gasteiger partial charge in [0.2, 0.25) is 0 Å². The minimum atomic E-state index is -1.72. The summed E-state index contributed by atoms with van der Waals surface area (Å²) < 4.78 is 6.78. The van der Waals surface area contributed by atoms with Gasteiger partial charge in [-0.1, -0.05) is 115 Å². The third-order valence-electron chi connectivity index (χ3n) is 8.54. The molecule has 39 heavy (non-hydrogen) atoms. The first-order chi connectivity index (χ1) is 18.4.